The molecular formula is C14H18N2O3S. The van der Waals surface area contributed by atoms with Crippen LogP contribution in [-0.2, 0) is 16.3 Å². The van der Waals surface area contributed by atoms with E-state index in [-0.39, 0.29) is 11.7 Å². The highest BCUT2D eigenvalue weighted by molar-refractivity contribution is 7.91. The molecule has 1 saturated heterocycles. The van der Waals surface area contributed by atoms with Gasteiger partial charge in [0.05, 0.1) is 24.3 Å². The smallest absolute Gasteiger partial charge is 0.198 e. The van der Waals surface area contributed by atoms with Crippen LogP contribution >= 0.6 is 0 Å². The van der Waals surface area contributed by atoms with Crippen LogP contribution in [0.1, 0.15) is 18.5 Å². The second-order valence-electron chi connectivity index (χ2n) is 5.36. The van der Waals surface area contributed by atoms with Crippen molar-refractivity contribution in [3.05, 3.63) is 30.1 Å². The Morgan fingerprint density at radius 3 is 3.05 bits per heavy atom. The Kier molecular flexibility index (Phi) is 3.41. The summed E-state index contributed by atoms with van der Waals surface area (Å²) in [6.45, 7) is 0. The van der Waals surface area contributed by atoms with Crippen LogP contribution in [0.3, 0.4) is 0 Å². The fourth-order valence-corrected chi connectivity index (χ4v) is 4.65. The number of aromatic nitrogens is 2. The van der Waals surface area contributed by atoms with Gasteiger partial charge in [0.2, 0.25) is 0 Å². The molecule has 0 bridgehead atoms. The molecule has 108 valence electrons. The topological polar surface area (TPSA) is 60.7 Å². The lowest BCUT2D eigenvalue weighted by Gasteiger charge is -2.20. The van der Waals surface area contributed by atoms with Gasteiger partial charge in [-0.2, -0.15) is 0 Å². The van der Waals surface area contributed by atoms with E-state index < -0.39 is 9.84 Å². The normalized spacial score (nSPS) is 21.9. The predicted octanol–water partition coefficient (Wildman–Crippen LogP) is 1.71. The highest BCUT2D eigenvalue weighted by Gasteiger charge is 2.25. The maximum atomic E-state index is 11.7. The molecule has 1 aliphatic heterocycles. The van der Waals surface area contributed by atoms with Crippen LogP contribution in [0.2, 0.25) is 0 Å². The molecule has 0 amide bonds. The van der Waals surface area contributed by atoms with Crippen molar-refractivity contribution in [3.8, 4) is 5.88 Å². The number of nitrogens with zero attached hydrogens (tertiary/aromatic N) is 2. The number of sulfone groups is 1. The number of hydrogen-bond acceptors (Lipinski definition) is 4. The summed E-state index contributed by atoms with van der Waals surface area (Å²) < 4.78 is 30.5. The summed E-state index contributed by atoms with van der Waals surface area (Å²) in [6, 6.07) is 5.70. The molecule has 0 N–H and O–H groups in total. The zero-order chi connectivity index (χ0) is 14.2. The molecule has 2 aromatic rings. The molecule has 1 atom stereocenters. The summed E-state index contributed by atoms with van der Waals surface area (Å²) in [7, 11) is -1.23. The van der Waals surface area contributed by atoms with Crippen LogP contribution in [0, 0.1) is 5.92 Å². The maximum Gasteiger partial charge on any atom is 0.198 e. The minimum absolute atomic E-state index is 0.185. The molecule has 3 heterocycles. The van der Waals surface area contributed by atoms with Crippen LogP contribution < -0.4 is 4.74 Å². The first-order valence-corrected chi connectivity index (χ1v) is 8.61. The summed E-state index contributed by atoms with van der Waals surface area (Å²) in [5.74, 6) is 1.54. The zero-order valence-electron chi connectivity index (χ0n) is 11.4. The van der Waals surface area contributed by atoms with E-state index >= 15 is 0 Å². The number of ether oxygens (including phenoxy) is 1. The Labute approximate surface area is 118 Å². The van der Waals surface area contributed by atoms with Gasteiger partial charge >= 0.3 is 0 Å². The number of fused-ring (bicyclic) bond motifs is 1. The van der Waals surface area contributed by atoms with E-state index in [9.17, 15) is 8.42 Å². The van der Waals surface area contributed by atoms with Crippen molar-refractivity contribution >= 4 is 15.5 Å². The summed E-state index contributed by atoms with van der Waals surface area (Å²) in [5.41, 5.74) is 1.76. The molecule has 6 heteroatoms. The lowest BCUT2D eigenvalue weighted by Crippen LogP contribution is -2.26. The SMILES string of the molecule is COc1cccc2nc(CC3CCCS(=O)(=O)C3)cn12. The minimum atomic E-state index is -2.85. The first kappa shape index (κ1) is 13.4. The van der Waals surface area contributed by atoms with Gasteiger partial charge in [0.1, 0.15) is 5.65 Å². The van der Waals surface area contributed by atoms with Crippen molar-refractivity contribution in [3.63, 3.8) is 0 Å². The molecule has 2 aromatic heterocycles. The van der Waals surface area contributed by atoms with Crippen molar-refractivity contribution in [2.75, 3.05) is 18.6 Å². The van der Waals surface area contributed by atoms with Crippen LogP contribution in [0.15, 0.2) is 24.4 Å². The molecule has 5 nitrogen and oxygen atoms in total. The Hall–Kier alpha value is -1.56. The molecule has 0 aliphatic carbocycles. The Morgan fingerprint density at radius 2 is 2.30 bits per heavy atom. The van der Waals surface area contributed by atoms with Crippen LogP contribution in [0.5, 0.6) is 5.88 Å². The zero-order valence-corrected chi connectivity index (χ0v) is 12.3. The summed E-state index contributed by atoms with van der Waals surface area (Å²) in [5, 5.41) is 0. The average molecular weight is 294 g/mol. The molecule has 1 fully saturated rings. The van der Waals surface area contributed by atoms with Gasteiger partial charge in [-0.1, -0.05) is 6.07 Å². The van der Waals surface area contributed by atoms with Gasteiger partial charge in [-0.25, -0.2) is 13.4 Å². The van der Waals surface area contributed by atoms with Crippen molar-refractivity contribution in [2.24, 2.45) is 5.92 Å². The number of imidazole rings is 1. The molecule has 0 saturated carbocycles. The minimum Gasteiger partial charge on any atom is -0.482 e. The van der Waals surface area contributed by atoms with Crippen LogP contribution in [0.25, 0.3) is 5.65 Å². The van der Waals surface area contributed by atoms with E-state index in [0.717, 1.165) is 30.1 Å². The number of methoxy groups -OCH3 is 1. The Morgan fingerprint density at radius 1 is 1.45 bits per heavy atom. The molecule has 1 aliphatic rings. The second-order valence-corrected chi connectivity index (χ2v) is 7.58. The highest BCUT2D eigenvalue weighted by atomic mass is 32.2. The van der Waals surface area contributed by atoms with Gasteiger partial charge in [-0.15, -0.1) is 0 Å². The van der Waals surface area contributed by atoms with Crippen LogP contribution in [0.4, 0.5) is 0 Å². The van der Waals surface area contributed by atoms with E-state index in [1.54, 1.807) is 7.11 Å². The monoisotopic (exact) mass is 294 g/mol. The maximum absolute atomic E-state index is 11.7. The molecule has 0 radical (unpaired) electrons. The molecular weight excluding hydrogens is 276 g/mol. The van der Waals surface area contributed by atoms with Crippen molar-refractivity contribution in [2.45, 2.75) is 19.3 Å². The Balaban J connectivity index is 1.84. The summed E-state index contributed by atoms with van der Waals surface area (Å²) in [6.07, 6.45) is 4.38. The molecule has 20 heavy (non-hydrogen) atoms. The first-order valence-electron chi connectivity index (χ1n) is 6.79. The lowest BCUT2D eigenvalue weighted by atomic mass is 10.00. The van der Waals surface area contributed by atoms with Gasteiger partial charge in [0, 0.05) is 6.20 Å². The molecule has 0 aromatic carbocycles. The van der Waals surface area contributed by atoms with Crippen LogP contribution in [-0.4, -0.2) is 36.4 Å². The third kappa shape index (κ3) is 2.65. The van der Waals surface area contributed by atoms with Crippen molar-refractivity contribution in [1.82, 2.24) is 9.38 Å². The van der Waals surface area contributed by atoms with Gasteiger partial charge in [-0.05, 0) is 37.3 Å². The standard InChI is InChI=1S/C14H18N2O3S/c1-19-14-6-2-5-13-15-12(9-16(13)14)8-11-4-3-7-20(17,18)10-11/h2,5-6,9,11H,3-4,7-8,10H2,1H3. The predicted molar refractivity (Wildman–Crippen MR) is 76.8 cm³/mol. The highest BCUT2D eigenvalue weighted by Crippen LogP contribution is 2.23. The summed E-state index contributed by atoms with van der Waals surface area (Å²) in [4.78, 5) is 4.55. The third-order valence-corrected chi connectivity index (χ3v) is 5.66. The number of rotatable bonds is 3. The van der Waals surface area contributed by atoms with E-state index in [4.69, 9.17) is 4.74 Å². The van der Waals surface area contributed by atoms with Gasteiger partial charge in [0.25, 0.3) is 0 Å². The second kappa shape index (κ2) is 5.09. The van der Waals surface area contributed by atoms with E-state index in [1.165, 1.54) is 0 Å². The largest absolute Gasteiger partial charge is 0.482 e. The third-order valence-electron chi connectivity index (χ3n) is 3.77. The average Bonchev–Trinajstić information content (AvgIpc) is 2.79. The summed E-state index contributed by atoms with van der Waals surface area (Å²) >= 11 is 0. The number of pyridine rings is 1. The van der Waals surface area contributed by atoms with E-state index in [1.807, 2.05) is 28.8 Å². The fourth-order valence-electron chi connectivity index (χ4n) is 2.88. The van der Waals surface area contributed by atoms with Gasteiger partial charge < -0.3 is 4.74 Å². The van der Waals surface area contributed by atoms with Crippen molar-refractivity contribution < 1.29 is 13.2 Å². The fraction of sp³-hybridized carbons (Fsp3) is 0.500. The van der Waals surface area contributed by atoms with Crippen molar-refractivity contribution in [1.29, 1.82) is 0 Å². The number of hydrogen-bond donors (Lipinski definition) is 0. The van der Waals surface area contributed by atoms with E-state index in [0.29, 0.717) is 12.2 Å². The first-order chi connectivity index (χ1) is 9.57. The van der Waals surface area contributed by atoms with Gasteiger partial charge in [-0.3, -0.25) is 4.40 Å². The molecule has 3 rings (SSSR count). The Bertz CT molecular complexity index is 721. The van der Waals surface area contributed by atoms with E-state index in [2.05, 4.69) is 4.98 Å². The lowest BCUT2D eigenvalue weighted by molar-refractivity contribution is 0.392. The molecule has 0 spiro atoms. The molecule has 1 unspecified atom stereocenters. The quantitative estimate of drug-likeness (QED) is 0.864. The van der Waals surface area contributed by atoms with Gasteiger partial charge in [0.15, 0.2) is 15.7 Å².